The van der Waals surface area contributed by atoms with Gasteiger partial charge in [0, 0.05) is 19.7 Å². The number of nitrogens with zero attached hydrogens (tertiary/aromatic N) is 1. The lowest BCUT2D eigenvalue weighted by Gasteiger charge is -2.13. The average Bonchev–Trinajstić information content (AvgIpc) is 2.39. The van der Waals surface area contributed by atoms with E-state index in [0.29, 0.717) is 5.56 Å². The number of carbonyl (C=O) groups excluding carboxylic acids is 2. The van der Waals surface area contributed by atoms with Gasteiger partial charge in [-0.05, 0) is 6.92 Å². The smallest absolute Gasteiger partial charge is 0.414 e. The van der Waals surface area contributed by atoms with Crippen molar-refractivity contribution >= 4 is 17.8 Å². The first-order chi connectivity index (χ1) is 9.04. The molecule has 1 aromatic rings. The second-order valence-electron chi connectivity index (χ2n) is 3.89. The lowest BCUT2D eigenvalue weighted by Crippen LogP contribution is -2.22. The van der Waals surface area contributed by atoms with Crippen molar-refractivity contribution in [1.82, 2.24) is 4.90 Å². The largest absolute Gasteiger partial charge is 0.463 e. The van der Waals surface area contributed by atoms with Crippen LogP contribution in [0, 0.1) is 0 Å². The van der Waals surface area contributed by atoms with Crippen molar-refractivity contribution in [3.8, 4) is 0 Å². The molecule has 0 aliphatic rings. The van der Waals surface area contributed by atoms with E-state index >= 15 is 0 Å². The highest BCUT2D eigenvalue weighted by molar-refractivity contribution is 5.91. The van der Waals surface area contributed by atoms with Gasteiger partial charge in [0.2, 0.25) is 0 Å². The third kappa shape index (κ3) is 4.83. The number of amides is 1. The van der Waals surface area contributed by atoms with Crippen molar-refractivity contribution in [1.29, 1.82) is 0 Å². The molecule has 0 saturated heterocycles. The second-order valence-corrected chi connectivity index (χ2v) is 3.89. The van der Waals surface area contributed by atoms with Gasteiger partial charge in [-0.25, -0.2) is 9.59 Å². The number of esters is 1. The first-order valence-electron chi connectivity index (χ1n) is 5.87. The van der Waals surface area contributed by atoms with E-state index in [1.807, 2.05) is 6.07 Å². The lowest BCUT2D eigenvalue weighted by molar-refractivity contribution is -0.137. The SMILES string of the molecule is CCOC(=O)/C=C(/OC(=O)N(C)C)c1ccccc1. The molecular weight excluding hydrogens is 246 g/mol. The second kappa shape index (κ2) is 7.20. The first-order valence-corrected chi connectivity index (χ1v) is 5.87. The lowest BCUT2D eigenvalue weighted by atomic mass is 10.2. The Hall–Kier alpha value is -2.30. The Morgan fingerprint density at radius 2 is 1.84 bits per heavy atom. The standard InChI is InChI=1S/C14H17NO4/c1-4-18-13(16)10-12(19-14(17)15(2)3)11-8-6-5-7-9-11/h5-10H,4H2,1-3H3/b12-10+. The molecule has 0 atom stereocenters. The minimum atomic E-state index is -0.556. The van der Waals surface area contributed by atoms with Gasteiger partial charge in [-0.15, -0.1) is 0 Å². The summed E-state index contributed by atoms with van der Waals surface area (Å²) < 4.78 is 9.98. The van der Waals surface area contributed by atoms with Crippen LogP contribution in [-0.2, 0) is 14.3 Å². The molecule has 0 bridgehead atoms. The molecule has 0 aliphatic heterocycles. The Morgan fingerprint density at radius 3 is 2.37 bits per heavy atom. The Bertz CT molecular complexity index is 466. The number of ether oxygens (including phenoxy) is 2. The zero-order valence-corrected chi connectivity index (χ0v) is 11.3. The van der Waals surface area contributed by atoms with Crippen LogP contribution < -0.4 is 0 Å². The van der Waals surface area contributed by atoms with Gasteiger partial charge >= 0.3 is 12.1 Å². The van der Waals surface area contributed by atoms with E-state index in [0.717, 1.165) is 0 Å². The highest BCUT2D eigenvalue weighted by Gasteiger charge is 2.13. The normalized spacial score (nSPS) is 10.8. The molecule has 1 amide bonds. The minimum Gasteiger partial charge on any atom is -0.463 e. The van der Waals surface area contributed by atoms with Crippen LogP contribution in [0.5, 0.6) is 0 Å². The minimum absolute atomic E-state index is 0.165. The Morgan fingerprint density at radius 1 is 1.21 bits per heavy atom. The molecule has 0 aromatic heterocycles. The number of hydrogen-bond acceptors (Lipinski definition) is 4. The van der Waals surface area contributed by atoms with Crippen molar-refractivity contribution in [3.63, 3.8) is 0 Å². The Balaban J connectivity index is 2.98. The molecule has 1 rings (SSSR count). The van der Waals surface area contributed by atoms with E-state index in [2.05, 4.69) is 0 Å². The summed E-state index contributed by atoms with van der Waals surface area (Å²) in [5.41, 5.74) is 0.630. The van der Waals surface area contributed by atoms with Gasteiger partial charge in [0.25, 0.3) is 0 Å². The molecule has 0 aliphatic carbocycles. The van der Waals surface area contributed by atoms with Gasteiger partial charge in [-0.1, -0.05) is 30.3 Å². The number of hydrogen-bond donors (Lipinski definition) is 0. The Kier molecular flexibility index (Phi) is 5.60. The predicted molar refractivity (Wildman–Crippen MR) is 71.2 cm³/mol. The van der Waals surface area contributed by atoms with Crippen molar-refractivity contribution < 1.29 is 19.1 Å². The monoisotopic (exact) mass is 263 g/mol. The van der Waals surface area contributed by atoms with Crippen molar-refractivity contribution in [2.24, 2.45) is 0 Å². The molecule has 0 saturated carbocycles. The summed E-state index contributed by atoms with van der Waals surface area (Å²) in [4.78, 5) is 24.3. The highest BCUT2D eigenvalue weighted by atomic mass is 16.6. The van der Waals surface area contributed by atoms with Gasteiger partial charge < -0.3 is 14.4 Å². The summed E-state index contributed by atoms with van der Waals surface area (Å²) in [6, 6.07) is 8.90. The molecule has 5 heteroatoms. The van der Waals surface area contributed by atoms with Crippen molar-refractivity contribution in [2.45, 2.75) is 6.92 Å². The van der Waals surface area contributed by atoms with Crippen molar-refractivity contribution in [2.75, 3.05) is 20.7 Å². The van der Waals surface area contributed by atoms with Crippen LogP contribution in [0.2, 0.25) is 0 Å². The zero-order chi connectivity index (χ0) is 14.3. The highest BCUT2D eigenvalue weighted by Crippen LogP contribution is 2.16. The summed E-state index contributed by atoms with van der Waals surface area (Å²) in [5, 5.41) is 0. The van der Waals surface area contributed by atoms with Gasteiger partial charge in [0.15, 0.2) is 0 Å². The quantitative estimate of drug-likeness (QED) is 0.475. The molecule has 0 N–H and O–H groups in total. The van der Waals surface area contributed by atoms with E-state index in [4.69, 9.17) is 9.47 Å². The zero-order valence-electron chi connectivity index (χ0n) is 11.3. The number of carbonyl (C=O) groups is 2. The maximum absolute atomic E-state index is 11.6. The van der Waals surface area contributed by atoms with Crippen LogP contribution in [0.4, 0.5) is 4.79 Å². The fraction of sp³-hybridized carbons (Fsp3) is 0.286. The van der Waals surface area contributed by atoms with Gasteiger partial charge in [-0.2, -0.15) is 0 Å². The molecular formula is C14H17NO4. The topological polar surface area (TPSA) is 55.8 Å². The third-order valence-corrected chi connectivity index (χ3v) is 2.16. The van der Waals surface area contributed by atoms with Gasteiger partial charge in [-0.3, -0.25) is 0 Å². The first kappa shape index (κ1) is 14.8. The van der Waals surface area contributed by atoms with Crippen LogP contribution >= 0.6 is 0 Å². The maximum atomic E-state index is 11.6. The number of rotatable bonds is 4. The molecule has 0 spiro atoms. The summed E-state index contributed by atoms with van der Waals surface area (Å²) in [6.07, 6.45) is 0.611. The molecule has 0 radical (unpaired) electrons. The fourth-order valence-corrected chi connectivity index (χ4v) is 1.25. The summed E-state index contributed by atoms with van der Waals surface area (Å²) >= 11 is 0. The van der Waals surface area contributed by atoms with Crippen LogP contribution in [0.25, 0.3) is 5.76 Å². The molecule has 0 fully saturated rings. The van der Waals surface area contributed by atoms with Crippen molar-refractivity contribution in [3.05, 3.63) is 42.0 Å². The van der Waals surface area contributed by atoms with Gasteiger partial charge in [0.05, 0.1) is 12.7 Å². The molecule has 0 unspecified atom stereocenters. The number of benzene rings is 1. The summed E-state index contributed by atoms with van der Waals surface area (Å²) in [5.74, 6) is -0.384. The van der Waals surface area contributed by atoms with Crippen LogP contribution in [0.1, 0.15) is 12.5 Å². The van der Waals surface area contributed by atoms with E-state index in [1.165, 1.54) is 11.0 Å². The van der Waals surface area contributed by atoms with Crippen LogP contribution in [-0.4, -0.2) is 37.7 Å². The summed E-state index contributed by atoms with van der Waals surface area (Å²) in [6.45, 7) is 1.97. The molecule has 0 heterocycles. The molecule has 1 aromatic carbocycles. The Labute approximate surface area is 112 Å². The molecule has 5 nitrogen and oxygen atoms in total. The third-order valence-electron chi connectivity index (χ3n) is 2.16. The fourth-order valence-electron chi connectivity index (χ4n) is 1.25. The molecule has 102 valence electrons. The average molecular weight is 263 g/mol. The van der Waals surface area contributed by atoms with E-state index in [9.17, 15) is 9.59 Å². The van der Waals surface area contributed by atoms with Crippen LogP contribution in [0.15, 0.2) is 36.4 Å². The maximum Gasteiger partial charge on any atom is 0.414 e. The van der Waals surface area contributed by atoms with E-state index in [-0.39, 0.29) is 12.4 Å². The summed E-state index contributed by atoms with van der Waals surface area (Å²) in [7, 11) is 3.13. The van der Waals surface area contributed by atoms with E-state index < -0.39 is 12.1 Å². The van der Waals surface area contributed by atoms with Crippen LogP contribution in [0.3, 0.4) is 0 Å². The predicted octanol–water partition coefficient (Wildman–Crippen LogP) is 2.29. The van der Waals surface area contributed by atoms with E-state index in [1.54, 1.807) is 45.3 Å². The molecule has 19 heavy (non-hydrogen) atoms. The van der Waals surface area contributed by atoms with Gasteiger partial charge in [0.1, 0.15) is 5.76 Å².